The number of rotatable bonds is 5. The van der Waals surface area contributed by atoms with Gasteiger partial charge in [0, 0.05) is 36.8 Å². The normalized spacial score (nSPS) is 20.1. The highest BCUT2D eigenvalue weighted by Crippen LogP contribution is 2.26. The number of imide groups is 1. The van der Waals surface area contributed by atoms with Gasteiger partial charge in [-0.25, -0.2) is 9.59 Å². The zero-order chi connectivity index (χ0) is 26.8. The van der Waals surface area contributed by atoms with Crippen LogP contribution in [0.4, 0.5) is 9.59 Å². The lowest BCUT2D eigenvalue weighted by Gasteiger charge is -2.35. The molecular formula is C28H31ClN4O5. The lowest BCUT2D eigenvalue weighted by molar-refractivity contribution is -0.152. The third kappa shape index (κ3) is 5.48. The van der Waals surface area contributed by atoms with Crippen LogP contribution in [0.15, 0.2) is 48.5 Å². The quantitative estimate of drug-likeness (QED) is 0.534. The van der Waals surface area contributed by atoms with Crippen LogP contribution in [-0.2, 0) is 16.1 Å². The molecule has 0 radical (unpaired) electrons. The summed E-state index contributed by atoms with van der Waals surface area (Å²) in [7, 11) is 0. The zero-order valence-corrected chi connectivity index (χ0v) is 22.1. The van der Waals surface area contributed by atoms with Gasteiger partial charge in [0.05, 0.1) is 6.54 Å². The van der Waals surface area contributed by atoms with Crippen LogP contribution in [0.1, 0.15) is 40.7 Å². The average molecular weight is 539 g/mol. The maximum Gasteiger partial charge on any atom is 0.434 e. The van der Waals surface area contributed by atoms with Crippen molar-refractivity contribution in [1.29, 1.82) is 0 Å². The van der Waals surface area contributed by atoms with Gasteiger partial charge in [-0.15, -0.1) is 0 Å². The Balaban J connectivity index is 1.12. The van der Waals surface area contributed by atoms with Crippen LogP contribution in [0.5, 0.6) is 0 Å². The van der Waals surface area contributed by atoms with Gasteiger partial charge in [-0.1, -0.05) is 46.5 Å². The van der Waals surface area contributed by atoms with Crippen molar-refractivity contribution in [2.45, 2.75) is 38.6 Å². The van der Waals surface area contributed by atoms with E-state index in [-0.39, 0.29) is 19.0 Å². The number of halogens is 1. The minimum atomic E-state index is -0.864. The summed E-state index contributed by atoms with van der Waals surface area (Å²) in [5.74, 6) is -0.335. The van der Waals surface area contributed by atoms with Crippen molar-refractivity contribution in [2.24, 2.45) is 5.92 Å². The Labute approximate surface area is 226 Å². The molecule has 2 aromatic rings. The molecule has 3 aliphatic rings. The first-order valence-electron chi connectivity index (χ1n) is 13.0. The number of hydroxylamine groups is 2. The minimum Gasteiger partial charge on any atom is -0.334 e. The number of carbonyl (C=O) groups is 4. The maximum absolute atomic E-state index is 13.0. The molecule has 3 aliphatic heterocycles. The van der Waals surface area contributed by atoms with Gasteiger partial charge in [0.15, 0.2) is 0 Å². The van der Waals surface area contributed by atoms with Crippen molar-refractivity contribution in [2.75, 3.05) is 32.7 Å². The van der Waals surface area contributed by atoms with Gasteiger partial charge >= 0.3 is 12.1 Å². The van der Waals surface area contributed by atoms with E-state index in [1.165, 1.54) is 10.5 Å². The molecule has 3 saturated heterocycles. The second-order valence-electron chi connectivity index (χ2n) is 10.2. The molecule has 200 valence electrons. The number of piperidine rings is 1. The lowest BCUT2D eigenvalue weighted by Crippen LogP contribution is -2.54. The number of aryl methyl sites for hydroxylation is 2. The second-order valence-corrected chi connectivity index (χ2v) is 10.6. The van der Waals surface area contributed by atoms with E-state index in [2.05, 4.69) is 0 Å². The minimum absolute atomic E-state index is 0.0599. The highest BCUT2D eigenvalue weighted by molar-refractivity contribution is 6.30. The van der Waals surface area contributed by atoms with Crippen LogP contribution in [-0.4, -0.2) is 82.5 Å². The van der Waals surface area contributed by atoms with E-state index in [9.17, 15) is 19.2 Å². The molecular weight excluding hydrogens is 508 g/mol. The molecule has 0 N–H and O–H groups in total. The van der Waals surface area contributed by atoms with E-state index in [0.29, 0.717) is 36.2 Å². The fourth-order valence-electron chi connectivity index (χ4n) is 5.28. The molecule has 38 heavy (non-hydrogen) atoms. The summed E-state index contributed by atoms with van der Waals surface area (Å²) in [5, 5.41) is 1.29. The number of benzene rings is 2. The first kappa shape index (κ1) is 26.0. The molecule has 1 atom stereocenters. The maximum atomic E-state index is 13.0. The van der Waals surface area contributed by atoms with E-state index < -0.39 is 24.1 Å². The van der Waals surface area contributed by atoms with Crippen molar-refractivity contribution in [3.63, 3.8) is 0 Å². The van der Waals surface area contributed by atoms with Crippen LogP contribution in [0, 0.1) is 12.8 Å². The molecule has 0 spiro atoms. The fraction of sp³-hybridized carbons (Fsp3) is 0.429. The number of urea groups is 1. The predicted molar refractivity (Wildman–Crippen MR) is 140 cm³/mol. The Hall–Kier alpha value is -3.59. The van der Waals surface area contributed by atoms with Gasteiger partial charge in [-0.3, -0.25) is 9.59 Å². The largest absolute Gasteiger partial charge is 0.434 e. The Morgan fingerprint density at radius 3 is 2.29 bits per heavy atom. The monoisotopic (exact) mass is 538 g/mol. The molecule has 3 heterocycles. The number of amides is 5. The Morgan fingerprint density at radius 2 is 1.61 bits per heavy atom. The highest BCUT2D eigenvalue weighted by Gasteiger charge is 2.51. The summed E-state index contributed by atoms with van der Waals surface area (Å²) >= 11 is 5.95. The highest BCUT2D eigenvalue weighted by atomic mass is 35.5. The van der Waals surface area contributed by atoms with Crippen molar-refractivity contribution in [1.82, 2.24) is 19.8 Å². The summed E-state index contributed by atoms with van der Waals surface area (Å²) < 4.78 is 0. The lowest BCUT2D eigenvalue weighted by atomic mass is 9.91. The summed E-state index contributed by atoms with van der Waals surface area (Å²) in [6.07, 6.45) is 2.92. The SMILES string of the molecule is Cc1ccc(C(=O)N2CCN3C(=O)N(OC(=O)N4CCC(CCc5ccc(Cl)cc5)CC4)C(=O)C3C2)cc1. The van der Waals surface area contributed by atoms with E-state index in [4.69, 9.17) is 16.4 Å². The topological polar surface area (TPSA) is 90.5 Å². The number of likely N-dealkylation sites (tertiary alicyclic amines) is 1. The first-order chi connectivity index (χ1) is 18.3. The van der Waals surface area contributed by atoms with E-state index in [1.807, 2.05) is 43.3 Å². The molecule has 2 aromatic carbocycles. The molecule has 0 aliphatic carbocycles. The Kier molecular flexibility index (Phi) is 7.56. The van der Waals surface area contributed by atoms with Crippen LogP contribution in [0.25, 0.3) is 0 Å². The average Bonchev–Trinajstić information content (AvgIpc) is 3.17. The summed E-state index contributed by atoms with van der Waals surface area (Å²) in [6, 6.07) is 13.5. The number of hydrogen-bond donors (Lipinski definition) is 0. The summed E-state index contributed by atoms with van der Waals surface area (Å²) in [6.45, 7) is 3.51. The molecule has 0 bridgehead atoms. The van der Waals surface area contributed by atoms with Gasteiger partial charge in [0.25, 0.3) is 11.8 Å². The molecule has 1 unspecified atom stereocenters. The number of piperazine rings is 1. The predicted octanol–water partition coefficient (Wildman–Crippen LogP) is 4.13. The van der Waals surface area contributed by atoms with Gasteiger partial charge in [0.2, 0.25) is 0 Å². The van der Waals surface area contributed by atoms with Crippen LogP contribution in [0.3, 0.4) is 0 Å². The molecule has 3 fully saturated rings. The number of fused-ring (bicyclic) bond motifs is 1. The number of carbonyl (C=O) groups excluding carboxylic acids is 4. The van der Waals surface area contributed by atoms with Crippen molar-refractivity contribution in [3.8, 4) is 0 Å². The molecule has 0 saturated carbocycles. The standard InChI is InChI=1S/C28H31ClN4O5/c1-19-2-8-22(9-3-19)25(34)31-16-17-32-24(18-31)26(35)33(27(32)36)38-28(37)30-14-12-21(13-15-30)5-4-20-6-10-23(29)11-7-20/h2-3,6-11,21,24H,4-5,12-18H2,1H3. The molecule has 0 aromatic heterocycles. The number of nitrogens with zero attached hydrogens (tertiary/aromatic N) is 4. The fourth-order valence-corrected chi connectivity index (χ4v) is 5.40. The van der Waals surface area contributed by atoms with Crippen molar-refractivity contribution in [3.05, 3.63) is 70.2 Å². The Bertz CT molecular complexity index is 1210. The van der Waals surface area contributed by atoms with Gasteiger partial charge in [0.1, 0.15) is 6.04 Å². The summed E-state index contributed by atoms with van der Waals surface area (Å²) in [5.41, 5.74) is 2.81. The third-order valence-electron chi connectivity index (χ3n) is 7.67. The van der Waals surface area contributed by atoms with Gasteiger partial charge in [-0.2, -0.15) is 0 Å². The first-order valence-corrected chi connectivity index (χ1v) is 13.4. The van der Waals surface area contributed by atoms with Crippen LogP contribution < -0.4 is 0 Å². The number of hydrogen-bond acceptors (Lipinski definition) is 5. The van der Waals surface area contributed by atoms with Crippen molar-refractivity contribution < 1.29 is 24.0 Å². The Morgan fingerprint density at radius 1 is 0.921 bits per heavy atom. The molecule has 9 nitrogen and oxygen atoms in total. The van der Waals surface area contributed by atoms with Crippen molar-refractivity contribution >= 4 is 35.5 Å². The van der Waals surface area contributed by atoms with Gasteiger partial charge in [-0.05, 0) is 68.4 Å². The van der Waals surface area contributed by atoms with Gasteiger partial charge < -0.3 is 19.5 Å². The van der Waals surface area contributed by atoms with E-state index in [0.717, 1.165) is 36.3 Å². The van der Waals surface area contributed by atoms with E-state index >= 15 is 0 Å². The van der Waals surface area contributed by atoms with Crippen LogP contribution in [0.2, 0.25) is 5.02 Å². The van der Waals surface area contributed by atoms with E-state index in [1.54, 1.807) is 21.9 Å². The molecule has 5 amide bonds. The smallest absolute Gasteiger partial charge is 0.334 e. The third-order valence-corrected chi connectivity index (χ3v) is 7.92. The van der Waals surface area contributed by atoms with Crippen LogP contribution >= 0.6 is 11.6 Å². The zero-order valence-electron chi connectivity index (χ0n) is 21.3. The molecule has 10 heteroatoms. The molecule has 5 rings (SSSR count). The summed E-state index contributed by atoms with van der Waals surface area (Å²) in [4.78, 5) is 61.4. The second kappa shape index (κ2) is 11.0.